The van der Waals surface area contributed by atoms with Gasteiger partial charge in [0.1, 0.15) is 5.75 Å². The van der Waals surface area contributed by atoms with E-state index in [0.29, 0.717) is 11.4 Å². The molecule has 0 aromatic heterocycles. The Morgan fingerprint density at radius 1 is 1.00 bits per heavy atom. The van der Waals surface area contributed by atoms with Crippen molar-refractivity contribution in [2.45, 2.75) is 25.4 Å². The van der Waals surface area contributed by atoms with Crippen LogP contribution in [0.1, 0.15) is 12.5 Å². The molecule has 4 rings (SSSR count). The highest BCUT2D eigenvalue weighted by Gasteiger charge is 2.54. The molecule has 0 unspecified atom stereocenters. The fourth-order valence-electron chi connectivity index (χ4n) is 4.07. The van der Waals surface area contributed by atoms with Crippen LogP contribution in [0.4, 0.5) is 16.2 Å². The Morgan fingerprint density at radius 2 is 1.63 bits per heavy atom. The number of para-hydroxylation sites is 1. The number of benzene rings is 2. The Labute approximate surface area is 159 Å². The Bertz CT molecular complexity index is 972. The molecule has 7 heteroatoms. The normalized spacial score (nSPS) is 23.6. The molecule has 142 valence electrons. The number of nitrogens with zero attached hydrogens (tertiary/aromatic N) is 2. The van der Waals surface area contributed by atoms with Gasteiger partial charge in [0, 0.05) is 11.4 Å². The molecule has 2 aromatic carbocycles. The molecule has 0 saturated carbocycles. The van der Waals surface area contributed by atoms with E-state index >= 15 is 0 Å². The van der Waals surface area contributed by atoms with Crippen LogP contribution in [0, 0.1) is 0 Å². The zero-order valence-corrected chi connectivity index (χ0v) is 16.1. The quantitative estimate of drug-likeness (QED) is 0.758. The van der Waals surface area contributed by atoms with E-state index in [1.54, 1.807) is 41.2 Å². The Balaban J connectivity index is 1.80. The van der Waals surface area contributed by atoms with Gasteiger partial charge in [0.05, 0.1) is 30.7 Å². The first-order valence-corrected chi connectivity index (χ1v) is 10.8. The molecule has 0 bridgehead atoms. The van der Waals surface area contributed by atoms with Gasteiger partial charge in [-0.1, -0.05) is 25.1 Å². The minimum Gasteiger partial charge on any atom is -0.497 e. The van der Waals surface area contributed by atoms with Gasteiger partial charge in [0.2, 0.25) is 0 Å². The lowest BCUT2D eigenvalue weighted by Gasteiger charge is -2.24. The summed E-state index contributed by atoms with van der Waals surface area (Å²) in [5.74, 6) is 0.670. The third-order valence-electron chi connectivity index (χ3n) is 5.35. The predicted molar refractivity (Wildman–Crippen MR) is 105 cm³/mol. The molecule has 2 atom stereocenters. The minimum absolute atomic E-state index is 0.00584. The van der Waals surface area contributed by atoms with Crippen LogP contribution in [0.15, 0.2) is 48.5 Å². The van der Waals surface area contributed by atoms with Crippen LogP contribution in [0.2, 0.25) is 0 Å². The van der Waals surface area contributed by atoms with E-state index in [2.05, 4.69) is 0 Å². The van der Waals surface area contributed by atoms with Gasteiger partial charge < -0.3 is 4.74 Å². The summed E-state index contributed by atoms with van der Waals surface area (Å²) in [5, 5.41) is 0. The summed E-state index contributed by atoms with van der Waals surface area (Å²) in [6, 6.07) is 13.9. The SMILES string of the molecule is CCc1ccccc1N1C(=O)N(c2ccc(OC)cc2)[C@H]2CS(=O)(=O)C[C@@H]21. The van der Waals surface area contributed by atoms with Crippen molar-refractivity contribution in [2.75, 3.05) is 28.4 Å². The number of sulfone groups is 1. The van der Waals surface area contributed by atoms with Crippen molar-refractivity contribution in [2.24, 2.45) is 0 Å². The van der Waals surface area contributed by atoms with E-state index in [1.807, 2.05) is 31.2 Å². The average molecular weight is 386 g/mol. The first-order valence-electron chi connectivity index (χ1n) is 9.00. The molecule has 2 aliphatic rings. The van der Waals surface area contributed by atoms with E-state index in [-0.39, 0.29) is 29.6 Å². The summed E-state index contributed by atoms with van der Waals surface area (Å²) in [5.41, 5.74) is 2.52. The standard InChI is InChI=1S/C20H22N2O4S/c1-3-14-6-4-5-7-17(14)22-19-13-27(24,25)12-18(19)21(20(22)23)15-8-10-16(26-2)11-9-15/h4-11,18-19H,3,12-13H2,1-2H3/t18-,19-/m0/s1. The van der Waals surface area contributed by atoms with Gasteiger partial charge in [0.15, 0.2) is 9.84 Å². The third-order valence-corrected chi connectivity index (χ3v) is 7.05. The van der Waals surface area contributed by atoms with E-state index in [0.717, 1.165) is 17.7 Å². The van der Waals surface area contributed by atoms with Crippen molar-refractivity contribution in [3.05, 3.63) is 54.1 Å². The van der Waals surface area contributed by atoms with Crippen LogP contribution in [0.25, 0.3) is 0 Å². The van der Waals surface area contributed by atoms with Crippen molar-refractivity contribution in [3.8, 4) is 5.75 Å². The van der Waals surface area contributed by atoms with E-state index in [1.165, 1.54) is 0 Å². The number of carbonyl (C=O) groups is 1. The van der Waals surface area contributed by atoms with Gasteiger partial charge >= 0.3 is 6.03 Å². The molecule has 0 aliphatic carbocycles. The van der Waals surface area contributed by atoms with Gasteiger partial charge in [-0.05, 0) is 42.3 Å². The second kappa shape index (κ2) is 6.56. The van der Waals surface area contributed by atoms with Crippen LogP contribution in [-0.4, -0.2) is 45.1 Å². The average Bonchev–Trinajstić information content (AvgIpc) is 3.10. The lowest BCUT2D eigenvalue weighted by molar-refractivity contribution is 0.255. The number of fused-ring (bicyclic) bond motifs is 1. The maximum Gasteiger partial charge on any atom is 0.329 e. The van der Waals surface area contributed by atoms with Gasteiger partial charge in [-0.15, -0.1) is 0 Å². The molecular formula is C20H22N2O4S. The Kier molecular flexibility index (Phi) is 4.34. The lowest BCUT2D eigenvalue weighted by atomic mass is 10.1. The van der Waals surface area contributed by atoms with Crippen LogP contribution in [-0.2, 0) is 16.3 Å². The number of amides is 2. The second-order valence-electron chi connectivity index (χ2n) is 6.91. The predicted octanol–water partition coefficient (Wildman–Crippen LogP) is 2.87. The topological polar surface area (TPSA) is 66.9 Å². The van der Waals surface area contributed by atoms with Gasteiger partial charge in [-0.2, -0.15) is 0 Å². The van der Waals surface area contributed by atoms with Crippen LogP contribution in [0.5, 0.6) is 5.75 Å². The van der Waals surface area contributed by atoms with E-state index in [9.17, 15) is 13.2 Å². The van der Waals surface area contributed by atoms with Crippen LogP contribution < -0.4 is 14.5 Å². The molecule has 2 saturated heterocycles. The fraction of sp³-hybridized carbons (Fsp3) is 0.350. The molecule has 2 fully saturated rings. The number of urea groups is 1. The molecule has 2 amide bonds. The Morgan fingerprint density at radius 3 is 2.26 bits per heavy atom. The number of anilines is 2. The first-order chi connectivity index (χ1) is 12.9. The number of ether oxygens (including phenoxy) is 1. The van der Waals surface area contributed by atoms with Crippen molar-refractivity contribution in [3.63, 3.8) is 0 Å². The van der Waals surface area contributed by atoms with Gasteiger partial charge in [-0.25, -0.2) is 13.2 Å². The van der Waals surface area contributed by atoms with E-state index in [4.69, 9.17) is 4.74 Å². The van der Waals surface area contributed by atoms with Crippen LogP contribution >= 0.6 is 0 Å². The highest BCUT2D eigenvalue weighted by atomic mass is 32.2. The summed E-state index contributed by atoms with van der Waals surface area (Å²) < 4.78 is 29.9. The summed E-state index contributed by atoms with van der Waals surface area (Å²) >= 11 is 0. The van der Waals surface area contributed by atoms with Crippen LogP contribution in [0.3, 0.4) is 0 Å². The molecular weight excluding hydrogens is 364 g/mol. The highest BCUT2D eigenvalue weighted by Crippen LogP contribution is 2.39. The maximum absolute atomic E-state index is 13.4. The summed E-state index contributed by atoms with van der Waals surface area (Å²) in [6.07, 6.45) is 0.770. The zero-order chi connectivity index (χ0) is 19.2. The molecule has 0 N–H and O–H groups in total. The van der Waals surface area contributed by atoms with Crippen molar-refractivity contribution in [1.82, 2.24) is 0 Å². The summed E-state index contributed by atoms with van der Waals surface area (Å²) in [4.78, 5) is 16.7. The molecule has 2 aliphatic heterocycles. The zero-order valence-electron chi connectivity index (χ0n) is 15.3. The largest absolute Gasteiger partial charge is 0.497 e. The number of aryl methyl sites for hydroxylation is 1. The number of methoxy groups -OCH3 is 1. The molecule has 2 heterocycles. The van der Waals surface area contributed by atoms with Gasteiger partial charge in [-0.3, -0.25) is 9.80 Å². The number of rotatable bonds is 4. The second-order valence-corrected chi connectivity index (χ2v) is 9.07. The first kappa shape index (κ1) is 17.9. The summed E-state index contributed by atoms with van der Waals surface area (Å²) in [7, 11) is -1.62. The Hall–Kier alpha value is -2.54. The number of hydrogen-bond acceptors (Lipinski definition) is 4. The lowest BCUT2D eigenvalue weighted by Crippen LogP contribution is -2.38. The molecule has 6 nitrogen and oxygen atoms in total. The maximum atomic E-state index is 13.4. The monoisotopic (exact) mass is 386 g/mol. The van der Waals surface area contributed by atoms with Crippen molar-refractivity contribution in [1.29, 1.82) is 0 Å². The van der Waals surface area contributed by atoms with E-state index < -0.39 is 9.84 Å². The van der Waals surface area contributed by atoms with Crippen molar-refractivity contribution < 1.29 is 17.9 Å². The number of hydrogen-bond donors (Lipinski definition) is 0. The molecule has 2 aromatic rings. The third kappa shape index (κ3) is 2.96. The smallest absolute Gasteiger partial charge is 0.329 e. The molecule has 0 spiro atoms. The minimum atomic E-state index is -3.20. The fourth-order valence-corrected chi connectivity index (χ4v) is 5.99. The molecule has 0 radical (unpaired) electrons. The highest BCUT2D eigenvalue weighted by molar-refractivity contribution is 7.91. The van der Waals surface area contributed by atoms with Crippen molar-refractivity contribution >= 4 is 27.2 Å². The van der Waals surface area contributed by atoms with Gasteiger partial charge in [0.25, 0.3) is 0 Å². The molecule has 27 heavy (non-hydrogen) atoms. The summed E-state index contributed by atoms with van der Waals surface area (Å²) in [6.45, 7) is 2.03. The number of carbonyl (C=O) groups excluding carboxylic acids is 1.